The number of aliphatic hydroxyl groups excluding tert-OH is 1. The second-order valence-corrected chi connectivity index (χ2v) is 5.51. The zero-order chi connectivity index (χ0) is 13.8. The van der Waals surface area contributed by atoms with Gasteiger partial charge in [-0.05, 0) is 25.0 Å². The molecule has 0 aliphatic heterocycles. The first kappa shape index (κ1) is 13.9. The topological polar surface area (TPSA) is 77.0 Å². The third-order valence-electron chi connectivity index (χ3n) is 2.78. The summed E-state index contributed by atoms with van der Waals surface area (Å²) in [6.07, 6.45) is 0. The Balaban J connectivity index is 2.05. The number of aliphatic hydroxyl groups is 1. The Bertz CT molecular complexity index is 536. The van der Waals surface area contributed by atoms with Gasteiger partial charge in [0.15, 0.2) is 5.16 Å². The van der Waals surface area contributed by atoms with Crippen molar-refractivity contribution in [2.24, 2.45) is 0 Å². The largest absolute Gasteiger partial charge is 0.392 e. The Morgan fingerprint density at radius 2 is 1.84 bits per heavy atom. The minimum absolute atomic E-state index is 0.0750. The summed E-state index contributed by atoms with van der Waals surface area (Å²) < 4.78 is 1.92. The Kier molecular flexibility index (Phi) is 4.44. The summed E-state index contributed by atoms with van der Waals surface area (Å²) in [7, 11) is 0. The van der Waals surface area contributed by atoms with Gasteiger partial charge in [0.25, 0.3) is 0 Å². The second kappa shape index (κ2) is 6.08. The predicted molar refractivity (Wildman–Crippen MR) is 76.7 cm³/mol. The van der Waals surface area contributed by atoms with Gasteiger partial charge in [0.1, 0.15) is 0 Å². The van der Waals surface area contributed by atoms with Crippen LogP contribution in [0.15, 0.2) is 29.4 Å². The van der Waals surface area contributed by atoms with E-state index in [1.54, 1.807) is 11.8 Å². The van der Waals surface area contributed by atoms with Crippen molar-refractivity contribution in [2.75, 3.05) is 5.73 Å². The minimum atomic E-state index is 0.0750. The van der Waals surface area contributed by atoms with Crippen LogP contribution in [-0.4, -0.2) is 19.9 Å². The molecular weight excluding hydrogens is 260 g/mol. The van der Waals surface area contributed by atoms with Crippen molar-refractivity contribution in [2.45, 2.75) is 37.4 Å². The molecule has 102 valence electrons. The summed E-state index contributed by atoms with van der Waals surface area (Å²) in [4.78, 5) is 0. The SMILES string of the molecule is CC(C)n1c(N)nnc1SCc1ccc(CO)cc1. The van der Waals surface area contributed by atoms with Crippen molar-refractivity contribution < 1.29 is 5.11 Å². The zero-order valence-corrected chi connectivity index (χ0v) is 11.9. The average Bonchev–Trinajstić information content (AvgIpc) is 2.78. The molecule has 1 aromatic heterocycles. The van der Waals surface area contributed by atoms with Crippen molar-refractivity contribution >= 4 is 17.7 Å². The smallest absolute Gasteiger partial charge is 0.222 e. The Morgan fingerprint density at radius 3 is 2.42 bits per heavy atom. The van der Waals surface area contributed by atoms with Crippen molar-refractivity contribution in [1.82, 2.24) is 14.8 Å². The van der Waals surface area contributed by atoms with E-state index in [1.807, 2.05) is 28.8 Å². The highest BCUT2D eigenvalue weighted by Gasteiger charge is 2.12. The Labute approximate surface area is 116 Å². The molecule has 19 heavy (non-hydrogen) atoms. The molecule has 1 heterocycles. The van der Waals surface area contributed by atoms with Crippen LogP contribution < -0.4 is 5.73 Å². The lowest BCUT2D eigenvalue weighted by Gasteiger charge is -2.11. The number of benzene rings is 1. The van der Waals surface area contributed by atoms with Crippen molar-refractivity contribution in [3.8, 4) is 0 Å². The standard InChI is InChI=1S/C13H18N4OS/c1-9(2)17-12(14)15-16-13(17)19-8-11-5-3-10(7-18)4-6-11/h3-6,9,18H,7-8H2,1-2H3,(H2,14,15). The van der Waals surface area contributed by atoms with E-state index in [9.17, 15) is 0 Å². The van der Waals surface area contributed by atoms with E-state index in [-0.39, 0.29) is 12.6 Å². The maximum absolute atomic E-state index is 9.00. The van der Waals surface area contributed by atoms with Gasteiger partial charge in [0.05, 0.1) is 6.61 Å². The van der Waals surface area contributed by atoms with Gasteiger partial charge in [0, 0.05) is 11.8 Å². The molecule has 0 atom stereocenters. The van der Waals surface area contributed by atoms with Crippen molar-refractivity contribution in [3.05, 3.63) is 35.4 Å². The molecule has 5 nitrogen and oxygen atoms in total. The Hall–Kier alpha value is -1.53. The Morgan fingerprint density at radius 1 is 1.21 bits per heavy atom. The van der Waals surface area contributed by atoms with Crippen LogP contribution in [0.1, 0.15) is 31.0 Å². The van der Waals surface area contributed by atoms with E-state index in [1.165, 1.54) is 5.56 Å². The highest BCUT2D eigenvalue weighted by atomic mass is 32.2. The number of anilines is 1. The van der Waals surface area contributed by atoms with Crippen LogP contribution in [0.4, 0.5) is 5.95 Å². The highest BCUT2D eigenvalue weighted by Crippen LogP contribution is 2.25. The van der Waals surface area contributed by atoms with Gasteiger partial charge in [-0.2, -0.15) is 0 Å². The number of aromatic nitrogens is 3. The molecule has 2 aromatic rings. The van der Waals surface area contributed by atoms with Crippen LogP contribution in [-0.2, 0) is 12.4 Å². The van der Waals surface area contributed by atoms with E-state index < -0.39 is 0 Å². The summed E-state index contributed by atoms with van der Waals surface area (Å²) >= 11 is 1.61. The zero-order valence-electron chi connectivity index (χ0n) is 11.1. The first-order valence-corrected chi connectivity index (χ1v) is 7.12. The molecule has 0 spiro atoms. The molecule has 0 aliphatic rings. The van der Waals surface area contributed by atoms with Gasteiger partial charge in [0.2, 0.25) is 5.95 Å². The predicted octanol–water partition coefficient (Wildman–Crippen LogP) is 2.23. The number of nitrogens with zero attached hydrogens (tertiary/aromatic N) is 3. The van der Waals surface area contributed by atoms with Gasteiger partial charge in [-0.1, -0.05) is 36.0 Å². The molecule has 1 aromatic carbocycles. The maximum atomic E-state index is 9.00. The third kappa shape index (κ3) is 3.27. The number of nitrogen functional groups attached to an aromatic ring is 1. The van der Waals surface area contributed by atoms with E-state index in [4.69, 9.17) is 10.8 Å². The van der Waals surface area contributed by atoms with Crippen molar-refractivity contribution in [3.63, 3.8) is 0 Å². The minimum Gasteiger partial charge on any atom is -0.392 e. The van der Waals surface area contributed by atoms with E-state index in [0.717, 1.165) is 16.5 Å². The molecule has 0 radical (unpaired) electrons. The van der Waals surface area contributed by atoms with E-state index in [0.29, 0.717) is 5.95 Å². The lowest BCUT2D eigenvalue weighted by atomic mass is 10.2. The van der Waals surface area contributed by atoms with Gasteiger partial charge in [-0.25, -0.2) is 0 Å². The summed E-state index contributed by atoms with van der Waals surface area (Å²) in [5, 5.41) is 17.8. The number of hydrogen-bond acceptors (Lipinski definition) is 5. The summed E-state index contributed by atoms with van der Waals surface area (Å²) in [6.45, 7) is 4.19. The van der Waals surface area contributed by atoms with Crippen LogP contribution in [0.25, 0.3) is 0 Å². The molecule has 6 heteroatoms. The van der Waals surface area contributed by atoms with E-state index >= 15 is 0 Å². The number of nitrogens with two attached hydrogens (primary N) is 1. The fourth-order valence-corrected chi connectivity index (χ4v) is 2.79. The molecular formula is C13H18N4OS. The molecule has 2 rings (SSSR count). The first-order valence-electron chi connectivity index (χ1n) is 6.13. The molecule has 0 saturated carbocycles. The third-order valence-corrected chi connectivity index (χ3v) is 3.80. The lowest BCUT2D eigenvalue weighted by Crippen LogP contribution is -2.07. The normalized spacial score (nSPS) is 11.2. The van der Waals surface area contributed by atoms with E-state index in [2.05, 4.69) is 24.0 Å². The molecule has 0 bridgehead atoms. The summed E-state index contributed by atoms with van der Waals surface area (Å²) in [5.41, 5.74) is 7.90. The maximum Gasteiger partial charge on any atom is 0.222 e. The van der Waals surface area contributed by atoms with Crippen LogP contribution in [0.3, 0.4) is 0 Å². The van der Waals surface area contributed by atoms with Crippen LogP contribution >= 0.6 is 11.8 Å². The van der Waals surface area contributed by atoms with Crippen LogP contribution in [0.5, 0.6) is 0 Å². The fraction of sp³-hybridized carbons (Fsp3) is 0.385. The number of hydrogen-bond donors (Lipinski definition) is 2. The molecule has 0 fully saturated rings. The average molecular weight is 278 g/mol. The van der Waals surface area contributed by atoms with Gasteiger partial charge in [-0.15, -0.1) is 10.2 Å². The molecule has 0 amide bonds. The molecule has 3 N–H and O–H groups in total. The van der Waals surface area contributed by atoms with Crippen LogP contribution in [0, 0.1) is 0 Å². The van der Waals surface area contributed by atoms with Crippen molar-refractivity contribution in [1.29, 1.82) is 0 Å². The highest BCUT2D eigenvalue weighted by molar-refractivity contribution is 7.98. The lowest BCUT2D eigenvalue weighted by molar-refractivity contribution is 0.282. The van der Waals surface area contributed by atoms with Gasteiger partial charge >= 0.3 is 0 Å². The second-order valence-electron chi connectivity index (χ2n) is 4.57. The first-order chi connectivity index (χ1) is 9.11. The summed E-state index contributed by atoms with van der Waals surface area (Å²) in [5.74, 6) is 1.25. The van der Waals surface area contributed by atoms with Crippen LogP contribution in [0.2, 0.25) is 0 Å². The number of thioether (sulfide) groups is 1. The molecule has 0 saturated heterocycles. The summed E-state index contributed by atoms with van der Waals surface area (Å²) in [6, 6.07) is 8.12. The fourth-order valence-electron chi connectivity index (χ4n) is 1.76. The number of rotatable bonds is 5. The molecule has 0 unspecified atom stereocenters. The quantitative estimate of drug-likeness (QED) is 0.820. The monoisotopic (exact) mass is 278 g/mol. The van der Waals surface area contributed by atoms with Gasteiger partial charge in [-0.3, -0.25) is 4.57 Å². The molecule has 0 aliphatic carbocycles. The van der Waals surface area contributed by atoms with Gasteiger partial charge < -0.3 is 10.8 Å².